The molecular formula is C6H7ClN2OS. The van der Waals surface area contributed by atoms with Gasteiger partial charge in [-0.15, -0.1) is 12.4 Å². The third kappa shape index (κ3) is 2.78. The number of rotatable bonds is 2. The summed E-state index contributed by atoms with van der Waals surface area (Å²) in [6.45, 7) is 0. The first-order valence-corrected chi connectivity index (χ1v) is 3.08. The van der Waals surface area contributed by atoms with Gasteiger partial charge in [0.05, 0.1) is 11.9 Å². The summed E-state index contributed by atoms with van der Waals surface area (Å²) in [6.07, 6.45) is 3.80. The monoisotopic (exact) mass is 190 g/mol. The maximum absolute atomic E-state index is 10.1. The molecule has 0 radical (unpaired) electrons. The minimum absolute atomic E-state index is 0. The number of thiol groups is 1. The lowest BCUT2D eigenvalue weighted by molar-refractivity contribution is -0.106. The van der Waals surface area contributed by atoms with Crippen LogP contribution in [0.1, 0.15) is 0 Å². The van der Waals surface area contributed by atoms with Gasteiger partial charge in [0.15, 0.2) is 0 Å². The third-order valence-corrected chi connectivity index (χ3v) is 1.34. The molecule has 11 heavy (non-hydrogen) atoms. The number of hydrogen-bond donors (Lipinski definition) is 1. The summed E-state index contributed by atoms with van der Waals surface area (Å²) in [5, 5.41) is 0. The van der Waals surface area contributed by atoms with Gasteiger partial charge in [-0.05, 0) is 12.1 Å². The third-order valence-electron chi connectivity index (χ3n) is 1.01. The van der Waals surface area contributed by atoms with E-state index >= 15 is 0 Å². The Morgan fingerprint density at radius 3 is 2.82 bits per heavy atom. The normalized spacial score (nSPS) is 8.09. The zero-order valence-corrected chi connectivity index (χ0v) is 7.26. The second kappa shape index (κ2) is 4.98. The van der Waals surface area contributed by atoms with Crippen LogP contribution in [0.25, 0.3) is 0 Å². The van der Waals surface area contributed by atoms with Gasteiger partial charge in [-0.3, -0.25) is 14.1 Å². The number of pyridine rings is 1. The van der Waals surface area contributed by atoms with E-state index in [0.717, 1.165) is 4.31 Å². The molecule has 1 aromatic rings. The Kier molecular flexibility index (Phi) is 4.65. The summed E-state index contributed by atoms with van der Waals surface area (Å²) in [6, 6.07) is 3.48. The highest BCUT2D eigenvalue weighted by molar-refractivity contribution is 7.82. The van der Waals surface area contributed by atoms with E-state index < -0.39 is 0 Å². The van der Waals surface area contributed by atoms with Crippen LogP contribution in [0.3, 0.4) is 0 Å². The van der Waals surface area contributed by atoms with Gasteiger partial charge in [0.25, 0.3) is 0 Å². The molecule has 0 bridgehead atoms. The Hall–Kier alpha value is -0.740. The maximum Gasteiger partial charge on any atom is 0.224 e. The summed E-state index contributed by atoms with van der Waals surface area (Å²) in [5.74, 6) is 0. The van der Waals surface area contributed by atoms with Gasteiger partial charge >= 0.3 is 0 Å². The average Bonchev–Trinajstić information content (AvgIpc) is 2.05. The van der Waals surface area contributed by atoms with Crippen molar-refractivity contribution in [1.82, 2.24) is 4.98 Å². The van der Waals surface area contributed by atoms with Gasteiger partial charge in [-0.2, -0.15) is 0 Å². The molecule has 0 atom stereocenters. The Morgan fingerprint density at radius 2 is 2.36 bits per heavy atom. The summed E-state index contributed by atoms with van der Waals surface area (Å²) in [7, 11) is 0. The molecule has 0 saturated heterocycles. The number of halogens is 1. The minimum Gasteiger partial charge on any atom is -0.277 e. The Morgan fingerprint density at radius 1 is 1.64 bits per heavy atom. The lowest BCUT2D eigenvalue weighted by atomic mass is 10.4. The van der Waals surface area contributed by atoms with Gasteiger partial charge in [-0.1, -0.05) is 12.8 Å². The number of aromatic nitrogens is 1. The predicted octanol–water partition coefficient (Wildman–Crippen LogP) is 1.31. The lowest BCUT2D eigenvalue weighted by Gasteiger charge is -2.05. The van der Waals surface area contributed by atoms with E-state index in [2.05, 4.69) is 17.8 Å². The van der Waals surface area contributed by atoms with Gasteiger partial charge < -0.3 is 0 Å². The second-order valence-electron chi connectivity index (χ2n) is 1.66. The van der Waals surface area contributed by atoms with Crippen molar-refractivity contribution in [2.24, 2.45) is 0 Å². The van der Waals surface area contributed by atoms with Crippen LogP contribution in [0.2, 0.25) is 0 Å². The first-order chi connectivity index (χ1) is 4.84. The molecule has 0 fully saturated rings. The van der Waals surface area contributed by atoms with Gasteiger partial charge in [0.1, 0.15) is 0 Å². The molecule has 0 spiro atoms. The molecule has 0 unspecified atom stereocenters. The number of anilines is 1. The molecule has 0 aliphatic carbocycles. The molecule has 3 nitrogen and oxygen atoms in total. The molecule has 1 heterocycles. The van der Waals surface area contributed by atoms with E-state index in [4.69, 9.17) is 0 Å². The Bertz CT molecular complexity index is 219. The molecule has 60 valence electrons. The maximum atomic E-state index is 10.1. The molecule has 0 aliphatic rings. The van der Waals surface area contributed by atoms with Crippen LogP contribution in [-0.4, -0.2) is 11.4 Å². The topological polar surface area (TPSA) is 33.2 Å². The van der Waals surface area contributed by atoms with E-state index in [9.17, 15) is 4.79 Å². The van der Waals surface area contributed by atoms with E-state index in [1.807, 2.05) is 0 Å². The van der Waals surface area contributed by atoms with Gasteiger partial charge in [0, 0.05) is 6.20 Å². The number of hydrogen-bond acceptors (Lipinski definition) is 3. The highest BCUT2D eigenvalue weighted by Crippen LogP contribution is 2.10. The van der Waals surface area contributed by atoms with Crippen molar-refractivity contribution < 1.29 is 4.79 Å². The molecule has 0 saturated carbocycles. The predicted molar refractivity (Wildman–Crippen MR) is 49.0 cm³/mol. The van der Waals surface area contributed by atoms with Crippen LogP contribution in [0, 0.1) is 0 Å². The quantitative estimate of drug-likeness (QED) is 0.564. The number of carbonyl (C=O) groups is 1. The van der Waals surface area contributed by atoms with Crippen molar-refractivity contribution in [3.63, 3.8) is 0 Å². The van der Waals surface area contributed by atoms with Crippen molar-refractivity contribution >= 4 is 37.3 Å². The Labute approximate surface area is 76.4 Å². The molecule has 0 aliphatic heterocycles. The van der Waals surface area contributed by atoms with E-state index in [0.29, 0.717) is 12.1 Å². The van der Waals surface area contributed by atoms with Gasteiger partial charge in [0.2, 0.25) is 6.41 Å². The number of amides is 1. The zero-order valence-electron chi connectivity index (χ0n) is 5.54. The largest absolute Gasteiger partial charge is 0.277 e. The summed E-state index contributed by atoms with van der Waals surface area (Å²) in [4.78, 5) is 13.9. The highest BCUT2D eigenvalue weighted by atomic mass is 35.5. The smallest absolute Gasteiger partial charge is 0.224 e. The highest BCUT2D eigenvalue weighted by Gasteiger charge is 1.95. The fraction of sp³-hybridized carbons (Fsp3) is 0. The van der Waals surface area contributed by atoms with Crippen molar-refractivity contribution in [1.29, 1.82) is 0 Å². The molecule has 5 heteroatoms. The fourth-order valence-electron chi connectivity index (χ4n) is 0.550. The lowest BCUT2D eigenvalue weighted by Crippen LogP contribution is -2.05. The van der Waals surface area contributed by atoms with Crippen molar-refractivity contribution in [2.75, 3.05) is 4.31 Å². The van der Waals surface area contributed by atoms with Gasteiger partial charge in [-0.25, -0.2) is 0 Å². The average molecular weight is 191 g/mol. The number of nitrogens with zero attached hydrogens (tertiary/aromatic N) is 2. The zero-order chi connectivity index (χ0) is 7.40. The molecular weight excluding hydrogens is 184 g/mol. The van der Waals surface area contributed by atoms with Crippen molar-refractivity contribution in [3.05, 3.63) is 24.5 Å². The molecule has 0 N–H and O–H groups in total. The first kappa shape index (κ1) is 10.3. The van der Waals surface area contributed by atoms with Crippen molar-refractivity contribution in [2.45, 2.75) is 0 Å². The van der Waals surface area contributed by atoms with E-state index in [1.165, 1.54) is 0 Å². The summed E-state index contributed by atoms with van der Waals surface area (Å²) >= 11 is 3.84. The van der Waals surface area contributed by atoms with Crippen LogP contribution in [0.15, 0.2) is 24.5 Å². The molecule has 1 aromatic heterocycles. The Balaban J connectivity index is 0.000001000. The second-order valence-corrected chi connectivity index (χ2v) is 2.09. The first-order valence-electron chi connectivity index (χ1n) is 2.68. The van der Waals surface area contributed by atoms with Crippen LogP contribution >= 0.6 is 25.2 Å². The van der Waals surface area contributed by atoms with Crippen LogP contribution in [0.5, 0.6) is 0 Å². The van der Waals surface area contributed by atoms with E-state index in [-0.39, 0.29) is 12.4 Å². The van der Waals surface area contributed by atoms with Crippen LogP contribution in [-0.2, 0) is 4.79 Å². The standard InChI is InChI=1S/C6H6N2OS.ClH/c9-5-8(10)6-2-1-3-7-4-6;/h1-5,10H;1H. The van der Waals surface area contributed by atoms with Crippen molar-refractivity contribution in [3.8, 4) is 0 Å². The fourth-order valence-corrected chi connectivity index (χ4v) is 0.668. The van der Waals surface area contributed by atoms with E-state index in [1.54, 1.807) is 24.5 Å². The molecule has 1 rings (SSSR count). The summed E-state index contributed by atoms with van der Waals surface area (Å²) in [5.41, 5.74) is 0.667. The molecule has 0 aromatic carbocycles. The van der Waals surface area contributed by atoms with Crippen LogP contribution in [0.4, 0.5) is 5.69 Å². The summed E-state index contributed by atoms with van der Waals surface area (Å²) < 4.78 is 1.16. The minimum atomic E-state index is 0. The SMILES string of the molecule is Cl.O=CN(S)c1cccnc1. The number of carbonyl (C=O) groups excluding carboxylic acids is 1. The molecule has 1 amide bonds. The van der Waals surface area contributed by atoms with Crippen LogP contribution < -0.4 is 4.31 Å².